The molecule has 7 fully saturated rings. The van der Waals surface area contributed by atoms with Crippen LogP contribution in [0.25, 0.3) is 0 Å². The summed E-state index contributed by atoms with van der Waals surface area (Å²) in [7, 11) is 0. The maximum absolute atomic E-state index is 7.09. The second-order valence-corrected chi connectivity index (χ2v) is 11.4. The quantitative estimate of drug-likeness (QED) is 0.614. The highest BCUT2D eigenvalue weighted by Gasteiger charge is 2.69. The molecule has 144 valence electrons. The molecule has 4 bridgehead atoms. The predicted molar refractivity (Wildman–Crippen MR) is 103 cm³/mol. The minimum absolute atomic E-state index is 0.354. The Morgan fingerprint density at radius 2 is 1.65 bits per heavy atom. The first kappa shape index (κ1) is 15.8. The zero-order valence-corrected chi connectivity index (χ0v) is 16.5. The van der Waals surface area contributed by atoms with Gasteiger partial charge in [-0.25, -0.2) is 0 Å². The Labute approximate surface area is 159 Å². The average molecular weight is 356 g/mol. The lowest BCUT2D eigenvalue weighted by molar-refractivity contribution is -0.0835. The molecule has 0 aromatic heterocycles. The van der Waals surface area contributed by atoms with E-state index < -0.39 is 0 Å². The molecule has 0 aromatic carbocycles. The van der Waals surface area contributed by atoms with E-state index in [9.17, 15) is 0 Å². The number of rotatable bonds is 0. The van der Waals surface area contributed by atoms with Crippen molar-refractivity contribution in [3.05, 3.63) is 0 Å². The van der Waals surface area contributed by atoms with E-state index in [0.717, 1.165) is 47.5 Å². The van der Waals surface area contributed by atoms with Crippen LogP contribution in [-0.4, -0.2) is 35.7 Å². The molecular weight excluding hydrogens is 318 g/mol. The molecule has 0 radical (unpaired) electrons. The van der Waals surface area contributed by atoms with E-state index in [1.807, 2.05) is 0 Å². The summed E-state index contributed by atoms with van der Waals surface area (Å²) in [4.78, 5) is 2.93. The van der Waals surface area contributed by atoms with Crippen molar-refractivity contribution in [1.82, 2.24) is 4.90 Å². The Balaban J connectivity index is 1.21. The summed E-state index contributed by atoms with van der Waals surface area (Å²) < 4.78 is 7.09. The molecule has 26 heavy (non-hydrogen) atoms. The Kier molecular flexibility index (Phi) is 3.34. The highest BCUT2D eigenvalue weighted by molar-refractivity contribution is 5.18. The molecule has 4 saturated carbocycles. The van der Waals surface area contributed by atoms with Gasteiger partial charge in [-0.2, -0.15) is 0 Å². The fraction of sp³-hybridized carbons (Fsp3) is 1.00. The van der Waals surface area contributed by atoms with Crippen LogP contribution in [0.1, 0.15) is 77.0 Å². The SMILES string of the molecule is C1CCN2CC3C(CCC4C3CC35OC6CCCC3C6CCC45)CC2C1. The molecule has 2 heteroatoms. The zero-order valence-electron chi connectivity index (χ0n) is 16.5. The largest absolute Gasteiger partial charge is 0.371 e. The normalized spacial score (nSPS) is 60.7. The van der Waals surface area contributed by atoms with Crippen molar-refractivity contribution in [3.63, 3.8) is 0 Å². The van der Waals surface area contributed by atoms with Crippen molar-refractivity contribution in [2.45, 2.75) is 94.8 Å². The second-order valence-electron chi connectivity index (χ2n) is 11.4. The summed E-state index contributed by atoms with van der Waals surface area (Å²) in [6, 6.07) is 0.953. The summed E-state index contributed by atoms with van der Waals surface area (Å²) >= 11 is 0. The van der Waals surface area contributed by atoms with Crippen molar-refractivity contribution in [2.24, 2.45) is 41.4 Å². The molecule has 7 rings (SSSR count). The molecule has 7 aliphatic rings. The maximum atomic E-state index is 7.09. The Hall–Kier alpha value is -0.0800. The van der Waals surface area contributed by atoms with Gasteiger partial charge in [-0.05, 0) is 112 Å². The summed E-state index contributed by atoms with van der Waals surface area (Å²) in [6.07, 6.45) is 18.6. The fourth-order valence-corrected chi connectivity index (χ4v) is 10.1. The Bertz CT molecular complexity index is 591. The first-order valence-corrected chi connectivity index (χ1v) is 12.3. The minimum atomic E-state index is 0.354. The lowest BCUT2D eigenvalue weighted by Crippen LogP contribution is -2.53. The van der Waals surface area contributed by atoms with Crippen LogP contribution in [0.5, 0.6) is 0 Å². The van der Waals surface area contributed by atoms with E-state index in [1.54, 1.807) is 19.3 Å². The van der Waals surface area contributed by atoms with Gasteiger partial charge in [0.05, 0.1) is 11.7 Å². The molecule has 1 spiro atoms. The number of ether oxygens (including phenoxy) is 1. The Morgan fingerprint density at radius 1 is 0.731 bits per heavy atom. The van der Waals surface area contributed by atoms with Crippen LogP contribution >= 0.6 is 0 Å². The number of piperidine rings is 2. The molecule has 3 heterocycles. The monoisotopic (exact) mass is 355 g/mol. The van der Waals surface area contributed by atoms with Crippen LogP contribution in [-0.2, 0) is 4.74 Å². The summed E-state index contributed by atoms with van der Waals surface area (Å²) in [6.45, 7) is 2.86. The van der Waals surface area contributed by atoms with E-state index in [2.05, 4.69) is 4.90 Å². The lowest BCUT2D eigenvalue weighted by Gasteiger charge is -2.52. The summed E-state index contributed by atoms with van der Waals surface area (Å²) in [5.41, 5.74) is 0.354. The molecule has 3 saturated heterocycles. The third kappa shape index (κ3) is 1.92. The van der Waals surface area contributed by atoms with Crippen molar-refractivity contribution in [3.8, 4) is 0 Å². The van der Waals surface area contributed by atoms with Crippen LogP contribution in [0.15, 0.2) is 0 Å². The van der Waals surface area contributed by atoms with Gasteiger partial charge in [0.1, 0.15) is 0 Å². The van der Waals surface area contributed by atoms with E-state index in [-0.39, 0.29) is 0 Å². The highest BCUT2D eigenvalue weighted by Crippen LogP contribution is 2.69. The van der Waals surface area contributed by atoms with Gasteiger partial charge in [0, 0.05) is 12.6 Å². The second kappa shape index (κ2) is 5.50. The first-order chi connectivity index (χ1) is 12.8. The van der Waals surface area contributed by atoms with Crippen molar-refractivity contribution < 1.29 is 4.74 Å². The van der Waals surface area contributed by atoms with E-state index in [0.29, 0.717) is 11.7 Å². The van der Waals surface area contributed by atoms with Crippen molar-refractivity contribution in [2.75, 3.05) is 13.1 Å². The van der Waals surface area contributed by atoms with E-state index in [1.165, 1.54) is 70.9 Å². The lowest BCUT2D eigenvalue weighted by atomic mass is 9.59. The van der Waals surface area contributed by atoms with Gasteiger partial charge in [0.15, 0.2) is 0 Å². The predicted octanol–water partition coefficient (Wildman–Crippen LogP) is 4.87. The van der Waals surface area contributed by atoms with Crippen molar-refractivity contribution >= 4 is 0 Å². The van der Waals surface area contributed by atoms with Gasteiger partial charge in [0.25, 0.3) is 0 Å². The highest BCUT2D eigenvalue weighted by atomic mass is 16.5. The zero-order chi connectivity index (χ0) is 16.9. The summed E-state index contributed by atoms with van der Waals surface area (Å²) in [5.74, 6) is 6.97. The van der Waals surface area contributed by atoms with E-state index >= 15 is 0 Å². The smallest absolute Gasteiger partial charge is 0.0751 e. The third-order valence-corrected chi connectivity index (χ3v) is 10.9. The first-order valence-electron chi connectivity index (χ1n) is 12.3. The average Bonchev–Trinajstić information content (AvgIpc) is 3.00. The number of fused-ring (bicyclic) bond motifs is 5. The maximum Gasteiger partial charge on any atom is 0.0751 e. The molecule has 0 aromatic rings. The van der Waals surface area contributed by atoms with Crippen LogP contribution in [0.3, 0.4) is 0 Å². The van der Waals surface area contributed by atoms with Crippen LogP contribution in [0.2, 0.25) is 0 Å². The van der Waals surface area contributed by atoms with Crippen LogP contribution in [0, 0.1) is 41.4 Å². The molecule has 4 aliphatic carbocycles. The third-order valence-electron chi connectivity index (χ3n) is 10.9. The van der Waals surface area contributed by atoms with Crippen LogP contribution in [0.4, 0.5) is 0 Å². The molecular formula is C24H37NO. The fourth-order valence-electron chi connectivity index (χ4n) is 10.1. The molecule has 10 atom stereocenters. The van der Waals surface area contributed by atoms with Gasteiger partial charge in [0.2, 0.25) is 0 Å². The Morgan fingerprint density at radius 3 is 2.65 bits per heavy atom. The van der Waals surface area contributed by atoms with Crippen molar-refractivity contribution in [1.29, 1.82) is 0 Å². The number of hydrogen-bond donors (Lipinski definition) is 0. The number of hydrogen-bond acceptors (Lipinski definition) is 2. The summed E-state index contributed by atoms with van der Waals surface area (Å²) in [5, 5.41) is 0. The van der Waals surface area contributed by atoms with E-state index in [4.69, 9.17) is 4.74 Å². The molecule has 2 nitrogen and oxygen atoms in total. The van der Waals surface area contributed by atoms with Gasteiger partial charge in [-0.3, -0.25) is 0 Å². The molecule has 10 unspecified atom stereocenters. The van der Waals surface area contributed by atoms with Gasteiger partial charge < -0.3 is 9.64 Å². The van der Waals surface area contributed by atoms with Gasteiger partial charge in [-0.15, -0.1) is 0 Å². The molecule has 0 N–H and O–H groups in total. The topological polar surface area (TPSA) is 12.5 Å². The number of nitrogens with zero attached hydrogens (tertiary/aromatic N) is 1. The van der Waals surface area contributed by atoms with Gasteiger partial charge >= 0.3 is 0 Å². The van der Waals surface area contributed by atoms with Gasteiger partial charge in [-0.1, -0.05) is 12.8 Å². The molecule has 0 amide bonds. The minimum Gasteiger partial charge on any atom is -0.371 e. The standard InChI is InChI=1S/C24H37NO/c1-2-11-25-14-20-15(12-16(25)4-1)7-8-17-19(20)13-24-21-5-3-6-23(26-24)18(21)9-10-22(17)24/h15-23H,1-14H2. The van der Waals surface area contributed by atoms with Crippen LogP contribution < -0.4 is 0 Å². The molecule has 3 aliphatic heterocycles.